The molecule has 17 heavy (non-hydrogen) atoms. The number of hydrogen-bond donors (Lipinski definition) is 0. The maximum atomic E-state index is 5.73. The van der Waals surface area contributed by atoms with Crippen LogP contribution in [-0.4, -0.2) is 0 Å². The van der Waals surface area contributed by atoms with Gasteiger partial charge in [0, 0.05) is 12.0 Å². The van der Waals surface area contributed by atoms with Crippen molar-refractivity contribution in [3.8, 4) is 0 Å². The average Bonchev–Trinajstić information content (AvgIpc) is 2.64. The third kappa shape index (κ3) is 4.41. The summed E-state index contributed by atoms with van der Waals surface area (Å²) in [5.74, 6) is 2.23. The van der Waals surface area contributed by atoms with Crippen LogP contribution in [0.5, 0.6) is 0 Å². The van der Waals surface area contributed by atoms with Crippen LogP contribution < -0.4 is 0 Å². The van der Waals surface area contributed by atoms with E-state index < -0.39 is 0 Å². The fourth-order valence-electron chi connectivity index (χ4n) is 1.72. The monoisotopic (exact) mass is 236 g/mol. The van der Waals surface area contributed by atoms with Gasteiger partial charge in [-0.15, -0.1) is 0 Å². The molecule has 0 aliphatic carbocycles. The van der Waals surface area contributed by atoms with Crippen LogP contribution in [-0.2, 0) is 12.8 Å². The number of rotatable bonds is 4. The van der Waals surface area contributed by atoms with Gasteiger partial charge >= 0.3 is 0 Å². The Labute approximate surface area is 107 Å². The SMILES string of the molecule is CC.CC/C(C)=C/Cc1c(CC)oc(C)c1C. The first-order chi connectivity index (χ1) is 8.10. The Hall–Kier alpha value is -0.980. The van der Waals surface area contributed by atoms with E-state index in [9.17, 15) is 0 Å². The number of furan rings is 1. The summed E-state index contributed by atoms with van der Waals surface area (Å²) in [6.45, 7) is 14.7. The van der Waals surface area contributed by atoms with Crippen molar-refractivity contribution in [2.75, 3.05) is 0 Å². The standard InChI is InChI=1S/C14H22O.C2H6/c1-6-10(3)8-9-13-11(4)12(5)15-14(13)7-2;1-2/h8H,6-7,9H2,1-5H3;1-2H3/b10-8+;. The second kappa shape index (κ2) is 8.16. The molecule has 1 aromatic heterocycles. The normalized spacial score (nSPS) is 11.1. The summed E-state index contributed by atoms with van der Waals surface area (Å²) < 4.78 is 5.73. The topological polar surface area (TPSA) is 13.1 Å². The smallest absolute Gasteiger partial charge is 0.107 e. The molecule has 1 nitrogen and oxygen atoms in total. The van der Waals surface area contributed by atoms with Crippen LogP contribution in [0.4, 0.5) is 0 Å². The summed E-state index contributed by atoms with van der Waals surface area (Å²) >= 11 is 0. The highest BCUT2D eigenvalue weighted by Gasteiger charge is 2.11. The lowest BCUT2D eigenvalue weighted by molar-refractivity contribution is 0.484. The molecule has 0 spiro atoms. The number of aryl methyl sites for hydroxylation is 2. The van der Waals surface area contributed by atoms with Gasteiger partial charge in [0.2, 0.25) is 0 Å². The van der Waals surface area contributed by atoms with E-state index in [-0.39, 0.29) is 0 Å². The lowest BCUT2D eigenvalue weighted by Crippen LogP contribution is -1.89. The summed E-state index contributed by atoms with van der Waals surface area (Å²) in [5, 5.41) is 0. The summed E-state index contributed by atoms with van der Waals surface area (Å²) in [4.78, 5) is 0. The zero-order valence-corrected chi connectivity index (χ0v) is 12.6. The van der Waals surface area contributed by atoms with E-state index in [0.29, 0.717) is 0 Å². The predicted octanol–water partition coefficient (Wildman–Crippen LogP) is 5.38. The van der Waals surface area contributed by atoms with Crippen molar-refractivity contribution in [1.29, 1.82) is 0 Å². The Morgan fingerprint density at radius 1 is 1.18 bits per heavy atom. The van der Waals surface area contributed by atoms with Gasteiger partial charge in [0.05, 0.1) is 0 Å². The van der Waals surface area contributed by atoms with Gasteiger partial charge in [-0.2, -0.15) is 0 Å². The Balaban J connectivity index is 0.00000121. The van der Waals surface area contributed by atoms with E-state index in [1.165, 1.54) is 16.7 Å². The van der Waals surface area contributed by atoms with Crippen molar-refractivity contribution >= 4 is 0 Å². The molecule has 0 aromatic carbocycles. The van der Waals surface area contributed by atoms with Crippen LogP contribution in [0.15, 0.2) is 16.1 Å². The Morgan fingerprint density at radius 2 is 1.76 bits per heavy atom. The molecule has 1 heteroatoms. The second-order valence-corrected chi connectivity index (χ2v) is 4.15. The molecule has 0 atom stereocenters. The average molecular weight is 236 g/mol. The molecule has 0 saturated carbocycles. The Kier molecular flexibility index (Phi) is 7.69. The molecule has 1 aromatic rings. The minimum atomic E-state index is 0.989. The van der Waals surface area contributed by atoms with Crippen molar-refractivity contribution < 1.29 is 4.42 Å². The fraction of sp³-hybridized carbons (Fsp3) is 0.625. The molecule has 0 saturated heterocycles. The van der Waals surface area contributed by atoms with Crippen LogP contribution in [0.25, 0.3) is 0 Å². The third-order valence-electron chi connectivity index (χ3n) is 3.13. The first-order valence-corrected chi connectivity index (χ1v) is 6.83. The molecule has 1 rings (SSSR count). The summed E-state index contributed by atoms with van der Waals surface area (Å²) in [6, 6.07) is 0. The molecule has 0 aliphatic rings. The third-order valence-corrected chi connectivity index (χ3v) is 3.13. The van der Waals surface area contributed by atoms with Gasteiger partial charge in [-0.1, -0.05) is 39.3 Å². The molecule has 0 bridgehead atoms. The fourth-order valence-corrected chi connectivity index (χ4v) is 1.72. The van der Waals surface area contributed by atoms with E-state index in [4.69, 9.17) is 4.42 Å². The summed E-state index contributed by atoms with van der Waals surface area (Å²) in [5.41, 5.74) is 4.17. The maximum absolute atomic E-state index is 5.73. The van der Waals surface area contributed by atoms with Crippen LogP contribution in [0.1, 0.15) is 63.7 Å². The van der Waals surface area contributed by atoms with E-state index >= 15 is 0 Å². The van der Waals surface area contributed by atoms with Crippen LogP contribution in [0, 0.1) is 13.8 Å². The predicted molar refractivity (Wildman–Crippen MR) is 76.7 cm³/mol. The molecule has 0 fully saturated rings. The first-order valence-electron chi connectivity index (χ1n) is 6.83. The molecule has 0 N–H and O–H groups in total. The molecule has 0 aliphatic heterocycles. The molecule has 0 unspecified atom stereocenters. The maximum Gasteiger partial charge on any atom is 0.107 e. The summed E-state index contributed by atoms with van der Waals surface area (Å²) in [6.07, 6.45) is 5.46. The van der Waals surface area contributed by atoms with E-state index in [1.54, 1.807) is 0 Å². The lowest BCUT2D eigenvalue weighted by atomic mass is 10.0. The van der Waals surface area contributed by atoms with Crippen molar-refractivity contribution in [2.24, 2.45) is 0 Å². The van der Waals surface area contributed by atoms with Gasteiger partial charge in [0.1, 0.15) is 11.5 Å². The Bertz CT molecular complexity index is 356. The molecule has 0 radical (unpaired) electrons. The van der Waals surface area contributed by atoms with Crippen molar-refractivity contribution in [2.45, 2.75) is 67.7 Å². The molecule has 1 heterocycles. The van der Waals surface area contributed by atoms with Gasteiger partial charge in [0.25, 0.3) is 0 Å². The minimum Gasteiger partial charge on any atom is -0.466 e. The van der Waals surface area contributed by atoms with Gasteiger partial charge in [-0.3, -0.25) is 0 Å². The van der Waals surface area contributed by atoms with Crippen LogP contribution >= 0.6 is 0 Å². The van der Waals surface area contributed by atoms with Gasteiger partial charge < -0.3 is 4.42 Å². The van der Waals surface area contributed by atoms with Gasteiger partial charge in [-0.25, -0.2) is 0 Å². The highest BCUT2D eigenvalue weighted by molar-refractivity contribution is 5.34. The lowest BCUT2D eigenvalue weighted by Gasteiger charge is -1.99. The highest BCUT2D eigenvalue weighted by Crippen LogP contribution is 2.23. The van der Waals surface area contributed by atoms with E-state index in [0.717, 1.165) is 30.8 Å². The van der Waals surface area contributed by atoms with Crippen molar-refractivity contribution in [1.82, 2.24) is 0 Å². The Morgan fingerprint density at radius 3 is 2.24 bits per heavy atom. The highest BCUT2D eigenvalue weighted by atomic mass is 16.3. The van der Waals surface area contributed by atoms with Crippen LogP contribution in [0.2, 0.25) is 0 Å². The van der Waals surface area contributed by atoms with Crippen molar-refractivity contribution in [3.63, 3.8) is 0 Å². The largest absolute Gasteiger partial charge is 0.466 e. The van der Waals surface area contributed by atoms with Gasteiger partial charge in [-0.05, 0) is 39.2 Å². The number of allylic oxidation sites excluding steroid dienone is 2. The van der Waals surface area contributed by atoms with Crippen LogP contribution in [0.3, 0.4) is 0 Å². The molecule has 98 valence electrons. The number of hydrogen-bond acceptors (Lipinski definition) is 1. The molecular weight excluding hydrogens is 208 g/mol. The first kappa shape index (κ1) is 16.0. The van der Waals surface area contributed by atoms with Gasteiger partial charge in [0.15, 0.2) is 0 Å². The van der Waals surface area contributed by atoms with E-state index in [2.05, 4.69) is 33.8 Å². The zero-order chi connectivity index (χ0) is 13.4. The zero-order valence-electron chi connectivity index (χ0n) is 12.6. The quantitative estimate of drug-likeness (QED) is 0.639. The van der Waals surface area contributed by atoms with E-state index in [1.807, 2.05) is 20.8 Å². The molecular formula is C16H28O. The second-order valence-electron chi connectivity index (χ2n) is 4.15. The molecule has 0 amide bonds. The minimum absolute atomic E-state index is 0.989. The summed E-state index contributed by atoms with van der Waals surface area (Å²) in [7, 11) is 0. The van der Waals surface area contributed by atoms with Crippen molar-refractivity contribution in [3.05, 3.63) is 34.3 Å².